The van der Waals surface area contributed by atoms with Crippen LogP contribution in [0.25, 0.3) is 0 Å². The molecule has 2 heterocycles. The van der Waals surface area contributed by atoms with Crippen molar-refractivity contribution in [1.29, 1.82) is 0 Å². The lowest BCUT2D eigenvalue weighted by Gasteiger charge is -2.49. The zero-order valence-corrected chi connectivity index (χ0v) is 15.4. The second-order valence-corrected chi connectivity index (χ2v) is 7.04. The van der Waals surface area contributed by atoms with Gasteiger partial charge in [-0.15, -0.1) is 0 Å². The first-order valence-corrected chi connectivity index (χ1v) is 9.25. The molecule has 1 atom stereocenters. The van der Waals surface area contributed by atoms with Crippen LogP contribution in [-0.4, -0.2) is 42.8 Å². The Bertz CT molecular complexity index is 811. The minimum atomic E-state index is -0.476. The van der Waals surface area contributed by atoms with E-state index in [1.54, 1.807) is 0 Å². The molecule has 1 N–H and O–H groups in total. The molecule has 0 spiro atoms. The SMILES string of the molecule is CC1(C(=O)NCc2ccc3c(c2)OCO3)CCN1CCOc1ccccc1. The number of ether oxygens (including phenoxy) is 3. The molecule has 6 heteroatoms. The Hall–Kier alpha value is -2.73. The lowest BCUT2D eigenvalue weighted by Crippen LogP contribution is -2.66. The van der Waals surface area contributed by atoms with Gasteiger partial charge in [0.05, 0.1) is 5.54 Å². The summed E-state index contributed by atoms with van der Waals surface area (Å²) in [7, 11) is 0. The third-order valence-corrected chi connectivity index (χ3v) is 5.32. The normalized spacial score (nSPS) is 20.8. The largest absolute Gasteiger partial charge is 0.492 e. The van der Waals surface area contributed by atoms with Crippen molar-refractivity contribution in [3.63, 3.8) is 0 Å². The standard InChI is InChI=1S/C21H24N2O4/c1-21(9-10-23(21)11-12-25-17-5-3-2-4-6-17)20(24)22-14-16-7-8-18-19(13-16)27-15-26-18/h2-8,13H,9-12,14-15H2,1H3,(H,22,24). The van der Waals surface area contributed by atoms with E-state index < -0.39 is 5.54 Å². The van der Waals surface area contributed by atoms with Gasteiger partial charge >= 0.3 is 0 Å². The summed E-state index contributed by atoms with van der Waals surface area (Å²) in [5.41, 5.74) is 0.519. The quantitative estimate of drug-likeness (QED) is 0.814. The Morgan fingerprint density at radius 3 is 2.78 bits per heavy atom. The van der Waals surface area contributed by atoms with Gasteiger partial charge in [0.2, 0.25) is 12.7 Å². The van der Waals surface area contributed by atoms with Crippen LogP contribution < -0.4 is 19.5 Å². The van der Waals surface area contributed by atoms with Gasteiger partial charge < -0.3 is 19.5 Å². The van der Waals surface area contributed by atoms with Crippen LogP contribution in [0.1, 0.15) is 18.9 Å². The van der Waals surface area contributed by atoms with Gasteiger partial charge in [-0.3, -0.25) is 9.69 Å². The van der Waals surface area contributed by atoms with E-state index in [1.807, 2.05) is 55.5 Å². The Kier molecular flexibility index (Phi) is 4.90. The lowest BCUT2D eigenvalue weighted by atomic mass is 9.85. The fourth-order valence-electron chi connectivity index (χ4n) is 3.44. The summed E-state index contributed by atoms with van der Waals surface area (Å²) in [6.07, 6.45) is 0.852. The lowest BCUT2D eigenvalue weighted by molar-refractivity contribution is -0.141. The van der Waals surface area contributed by atoms with Crippen molar-refractivity contribution in [3.05, 3.63) is 54.1 Å². The molecule has 2 aromatic carbocycles. The molecule has 2 aromatic rings. The number of nitrogens with zero attached hydrogens (tertiary/aromatic N) is 1. The van der Waals surface area contributed by atoms with Gasteiger partial charge in [0.25, 0.3) is 0 Å². The van der Waals surface area contributed by atoms with Crippen molar-refractivity contribution in [2.75, 3.05) is 26.5 Å². The number of fused-ring (bicyclic) bond motifs is 1. The summed E-state index contributed by atoms with van der Waals surface area (Å²) in [4.78, 5) is 14.9. The molecule has 27 heavy (non-hydrogen) atoms. The molecule has 0 radical (unpaired) electrons. The molecule has 1 amide bonds. The number of hydrogen-bond donors (Lipinski definition) is 1. The molecule has 142 valence electrons. The van der Waals surface area contributed by atoms with E-state index in [0.717, 1.165) is 42.3 Å². The van der Waals surface area contributed by atoms with Gasteiger partial charge in [-0.1, -0.05) is 24.3 Å². The molecule has 6 nitrogen and oxygen atoms in total. The van der Waals surface area contributed by atoms with Gasteiger partial charge in [-0.25, -0.2) is 0 Å². The Labute approximate surface area is 159 Å². The van der Waals surface area contributed by atoms with Crippen LogP contribution in [0, 0.1) is 0 Å². The molecule has 1 unspecified atom stereocenters. The fourth-order valence-corrected chi connectivity index (χ4v) is 3.44. The maximum absolute atomic E-state index is 12.7. The van der Waals surface area contributed by atoms with Gasteiger partial charge in [0, 0.05) is 19.6 Å². The molecule has 0 bridgehead atoms. The molecular formula is C21H24N2O4. The number of carbonyl (C=O) groups is 1. The third-order valence-electron chi connectivity index (χ3n) is 5.32. The van der Waals surface area contributed by atoms with Crippen LogP contribution in [0.3, 0.4) is 0 Å². The molecular weight excluding hydrogens is 344 g/mol. The number of carbonyl (C=O) groups excluding carboxylic acids is 1. The fraction of sp³-hybridized carbons (Fsp3) is 0.381. The monoisotopic (exact) mass is 368 g/mol. The number of nitrogens with one attached hydrogen (secondary N) is 1. The molecule has 0 saturated carbocycles. The predicted octanol–water partition coefficient (Wildman–Crippen LogP) is 2.57. The molecule has 2 aliphatic rings. The molecule has 1 saturated heterocycles. The van der Waals surface area contributed by atoms with E-state index in [9.17, 15) is 4.79 Å². The topological polar surface area (TPSA) is 60.0 Å². The number of benzene rings is 2. The summed E-state index contributed by atoms with van der Waals surface area (Å²) in [5, 5.41) is 3.05. The van der Waals surface area contributed by atoms with Crippen molar-refractivity contribution in [3.8, 4) is 17.2 Å². The summed E-state index contributed by atoms with van der Waals surface area (Å²) in [5.74, 6) is 2.38. The predicted molar refractivity (Wildman–Crippen MR) is 101 cm³/mol. The molecule has 2 aliphatic heterocycles. The second kappa shape index (κ2) is 7.48. The van der Waals surface area contributed by atoms with Crippen LogP contribution in [0.5, 0.6) is 17.2 Å². The Morgan fingerprint density at radius 2 is 2.00 bits per heavy atom. The van der Waals surface area contributed by atoms with Gasteiger partial charge in [-0.05, 0) is 43.2 Å². The number of amides is 1. The summed E-state index contributed by atoms with van der Waals surface area (Å²) in [6, 6.07) is 15.5. The third kappa shape index (κ3) is 3.71. The minimum Gasteiger partial charge on any atom is -0.492 e. The number of likely N-dealkylation sites (tertiary alicyclic amines) is 1. The Balaban J connectivity index is 1.27. The maximum atomic E-state index is 12.7. The summed E-state index contributed by atoms with van der Waals surface area (Å²) < 4.78 is 16.5. The van der Waals surface area contributed by atoms with Gasteiger partial charge in [0.1, 0.15) is 12.4 Å². The maximum Gasteiger partial charge on any atom is 0.240 e. The van der Waals surface area contributed by atoms with E-state index >= 15 is 0 Å². The van der Waals surface area contributed by atoms with E-state index in [-0.39, 0.29) is 12.7 Å². The first-order valence-electron chi connectivity index (χ1n) is 9.25. The summed E-state index contributed by atoms with van der Waals surface area (Å²) >= 11 is 0. The highest BCUT2D eigenvalue weighted by molar-refractivity contribution is 5.86. The van der Waals surface area contributed by atoms with Crippen LogP contribution in [0.2, 0.25) is 0 Å². The average molecular weight is 368 g/mol. The van der Waals surface area contributed by atoms with Crippen LogP contribution in [0.15, 0.2) is 48.5 Å². The van der Waals surface area contributed by atoms with E-state index in [4.69, 9.17) is 14.2 Å². The highest BCUT2D eigenvalue weighted by Crippen LogP contribution is 2.33. The molecule has 0 aliphatic carbocycles. The first kappa shape index (κ1) is 17.7. The number of rotatable bonds is 7. The average Bonchev–Trinajstić information content (AvgIpc) is 3.16. The molecule has 0 aromatic heterocycles. The van der Waals surface area contributed by atoms with Crippen molar-refractivity contribution in [2.24, 2.45) is 0 Å². The van der Waals surface area contributed by atoms with Crippen molar-refractivity contribution >= 4 is 5.91 Å². The van der Waals surface area contributed by atoms with Crippen molar-refractivity contribution < 1.29 is 19.0 Å². The zero-order valence-electron chi connectivity index (χ0n) is 15.4. The van der Waals surface area contributed by atoms with E-state index in [2.05, 4.69) is 10.2 Å². The van der Waals surface area contributed by atoms with Crippen molar-refractivity contribution in [1.82, 2.24) is 10.2 Å². The smallest absolute Gasteiger partial charge is 0.240 e. The van der Waals surface area contributed by atoms with Crippen LogP contribution >= 0.6 is 0 Å². The minimum absolute atomic E-state index is 0.0473. The number of para-hydroxylation sites is 1. The van der Waals surface area contributed by atoms with Gasteiger partial charge in [-0.2, -0.15) is 0 Å². The summed E-state index contributed by atoms with van der Waals surface area (Å²) in [6.45, 7) is 4.92. The highest BCUT2D eigenvalue weighted by atomic mass is 16.7. The molecule has 1 fully saturated rings. The molecule has 4 rings (SSSR count). The van der Waals surface area contributed by atoms with Crippen molar-refractivity contribution in [2.45, 2.75) is 25.4 Å². The number of hydrogen-bond acceptors (Lipinski definition) is 5. The van der Waals surface area contributed by atoms with Crippen LogP contribution in [-0.2, 0) is 11.3 Å². The van der Waals surface area contributed by atoms with Gasteiger partial charge in [0.15, 0.2) is 11.5 Å². The Morgan fingerprint density at radius 1 is 1.19 bits per heavy atom. The second-order valence-electron chi connectivity index (χ2n) is 7.04. The van der Waals surface area contributed by atoms with Crippen LogP contribution in [0.4, 0.5) is 0 Å². The zero-order chi connectivity index (χ0) is 18.7. The first-order chi connectivity index (χ1) is 13.1. The van der Waals surface area contributed by atoms with E-state index in [1.165, 1.54) is 0 Å². The highest BCUT2D eigenvalue weighted by Gasteiger charge is 2.46. The van der Waals surface area contributed by atoms with E-state index in [0.29, 0.717) is 13.2 Å².